The molecule has 8 heteroatoms. The van der Waals surface area contributed by atoms with Gasteiger partial charge in [-0.25, -0.2) is 0 Å². The number of nitrogens with one attached hydrogen (secondary N) is 3. The summed E-state index contributed by atoms with van der Waals surface area (Å²) >= 11 is 0. The third kappa shape index (κ3) is 3.63. The van der Waals surface area contributed by atoms with E-state index in [4.69, 9.17) is 0 Å². The summed E-state index contributed by atoms with van der Waals surface area (Å²) in [6.45, 7) is 3.50. The van der Waals surface area contributed by atoms with E-state index in [0.29, 0.717) is 29.7 Å². The van der Waals surface area contributed by atoms with Crippen molar-refractivity contribution in [2.24, 2.45) is 0 Å². The highest BCUT2D eigenvalue weighted by molar-refractivity contribution is 7.84. The predicted octanol–water partition coefficient (Wildman–Crippen LogP) is 0.965. The Hall–Kier alpha value is -1.70. The maximum atomic E-state index is 11.1. The molecule has 7 nitrogen and oxygen atoms in total. The summed E-state index contributed by atoms with van der Waals surface area (Å²) in [4.78, 5) is 8.75. The van der Waals surface area contributed by atoms with Crippen LogP contribution in [0.15, 0.2) is 6.20 Å². The smallest absolute Gasteiger partial charge is 0.226 e. The quantitative estimate of drug-likeness (QED) is 0.700. The monoisotopic (exact) mass is 282 g/mol. The minimum Gasteiger partial charge on any atom is -0.368 e. The van der Waals surface area contributed by atoms with Crippen LogP contribution in [-0.2, 0) is 10.8 Å². The van der Waals surface area contributed by atoms with E-state index in [2.05, 4.69) is 37.7 Å². The van der Waals surface area contributed by atoms with Gasteiger partial charge in [0.15, 0.2) is 5.65 Å². The van der Waals surface area contributed by atoms with Crippen LogP contribution < -0.4 is 10.6 Å². The first kappa shape index (κ1) is 13.7. The van der Waals surface area contributed by atoms with E-state index in [0.717, 1.165) is 18.4 Å². The Labute approximate surface area is 114 Å². The van der Waals surface area contributed by atoms with E-state index in [-0.39, 0.29) is 0 Å². The lowest BCUT2D eigenvalue weighted by Gasteiger charge is -2.08. The van der Waals surface area contributed by atoms with E-state index in [1.165, 1.54) is 0 Å². The molecule has 0 amide bonds. The van der Waals surface area contributed by atoms with Crippen LogP contribution in [0.2, 0.25) is 0 Å². The topological polar surface area (TPSA) is 95.6 Å². The average molecular weight is 282 g/mol. The summed E-state index contributed by atoms with van der Waals surface area (Å²) in [7, 11) is -0.818. The molecule has 0 fully saturated rings. The summed E-state index contributed by atoms with van der Waals surface area (Å²) in [5.74, 6) is 1.86. The summed E-state index contributed by atoms with van der Waals surface area (Å²) in [6.07, 6.45) is 4.37. The van der Waals surface area contributed by atoms with E-state index in [1.54, 1.807) is 12.5 Å². The Morgan fingerprint density at radius 1 is 1.32 bits per heavy atom. The number of nitrogens with zero attached hydrogens (tertiary/aromatic N) is 3. The minimum atomic E-state index is -0.818. The third-order valence-electron chi connectivity index (χ3n) is 2.52. The molecule has 1 atom stereocenters. The van der Waals surface area contributed by atoms with Gasteiger partial charge < -0.3 is 10.6 Å². The summed E-state index contributed by atoms with van der Waals surface area (Å²) in [5, 5.41) is 14.0. The second kappa shape index (κ2) is 6.46. The molecule has 0 saturated heterocycles. The lowest BCUT2D eigenvalue weighted by Crippen LogP contribution is -2.12. The van der Waals surface area contributed by atoms with Gasteiger partial charge in [-0.05, 0) is 6.42 Å². The van der Waals surface area contributed by atoms with E-state index in [1.807, 2.05) is 0 Å². The number of rotatable bonds is 7. The van der Waals surface area contributed by atoms with Crippen LogP contribution in [0.1, 0.15) is 13.3 Å². The van der Waals surface area contributed by atoms with Gasteiger partial charge in [-0.15, -0.1) is 0 Å². The van der Waals surface area contributed by atoms with Crippen molar-refractivity contribution in [2.75, 3.05) is 35.7 Å². The van der Waals surface area contributed by atoms with Crippen molar-refractivity contribution in [3.05, 3.63) is 6.20 Å². The minimum absolute atomic E-state index is 0.568. The highest BCUT2D eigenvalue weighted by Gasteiger charge is 2.08. The first-order chi connectivity index (χ1) is 9.20. The largest absolute Gasteiger partial charge is 0.368 e. The molecule has 2 heterocycles. The van der Waals surface area contributed by atoms with Gasteiger partial charge in [0.1, 0.15) is 5.82 Å². The number of anilines is 2. The molecule has 3 N–H and O–H groups in total. The van der Waals surface area contributed by atoms with Gasteiger partial charge in [0.2, 0.25) is 5.95 Å². The second-order valence-corrected chi connectivity index (χ2v) is 5.71. The van der Waals surface area contributed by atoms with Gasteiger partial charge >= 0.3 is 0 Å². The number of H-pyrrole nitrogens is 1. The van der Waals surface area contributed by atoms with Crippen molar-refractivity contribution in [3.63, 3.8) is 0 Å². The van der Waals surface area contributed by atoms with Crippen molar-refractivity contribution >= 4 is 33.6 Å². The lowest BCUT2D eigenvalue weighted by molar-refractivity contribution is 0.687. The Morgan fingerprint density at radius 2 is 2.16 bits per heavy atom. The lowest BCUT2D eigenvalue weighted by atomic mass is 10.4. The standard InChI is InChI=1S/C11H18N6OS/c1-3-4-13-11-15-9(12-5-6-19(2)18)8-7-14-17-10(8)16-11/h7H,3-6H2,1-2H3,(H3,12,13,14,15,16,17). The Morgan fingerprint density at radius 3 is 2.89 bits per heavy atom. The normalized spacial score (nSPS) is 12.5. The number of fused-ring (bicyclic) bond motifs is 1. The first-order valence-corrected chi connectivity index (χ1v) is 7.92. The van der Waals surface area contributed by atoms with Crippen LogP contribution in [0.3, 0.4) is 0 Å². The average Bonchev–Trinajstić information content (AvgIpc) is 2.84. The molecular weight excluding hydrogens is 264 g/mol. The zero-order valence-corrected chi connectivity index (χ0v) is 11.9. The molecule has 2 aromatic heterocycles. The van der Waals surface area contributed by atoms with Crippen molar-refractivity contribution in [3.8, 4) is 0 Å². The highest BCUT2D eigenvalue weighted by Crippen LogP contribution is 2.19. The molecule has 19 heavy (non-hydrogen) atoms. The van der Waals surface area contributed by atoms with Crippen LogP contribution in [0, 0.1) is 0 Å². The van der Waals surface area contributed by atoms with E-state index < -0.39 is 10.8 Å². The van der Waals surface area contributed by atoms with Crippen LogP contribution in [-0.4, -0.2) is 49.5 Å². The SMILES string of the molecule is CCCNc1nc(NCCS(C)=O)c2cn[nH]c2n1. The summed E-state index contributed by atoms with van der Waals surface area (Å²) in [5.41, 5.74) is 0.689. The van der Waals surface area contributed by atoms with Gasteiger partial charge in [-0.2, -0.15) is 15.1 Å². The number of hydrogen-bond donors (Lipinski definition) is 3. The van der Waals surface area contributed by atoms with Gasteiger partial charge in [-0.1, -0.05) is 6.92 Å². The fourth-order valence-corrected chi connectivity index (χ4v) is 1.99. The molecule has 0 spiro atoms. The van der Waals surface area contributed by atoms with Crippen LogP contribution in [0.5, 0.6) is 0 Å². The van der Waals surface area contributed by atoms with Crippen LogP contribution >= 0.6 is 0 Å². The van der Waals surface area contributed by atoms with Crippen molar-refractivity contribution < 1.29 is 4.21 Å². The fourth-order valence-electron chi connectivity index (χ4n) is 1.60. The zero-order chi connectivity index (χ0) is 13.7. The van der Waals surface area contributed by atoms with Crippen LogP contribution in [0.25, 0.3) is 11.0 Å². The molecule has 1 unspecified atom stereocenters. The number of hydrogen-bond acceptors (Lipinski definition) is 6. The number of aromatic amines is 1. The summed E-state index contributed by atoms with van der Waals surface area (Å²) in [6, 6.07) is 0. The van der Waals surface area contributed by atoms with E-state index in [9.17, 15) is 4.21 Å². The molecule has 2 aromatic rings. The Bertz CT molecular complexity index is 569. The second-order valence-electron chi connectivity index (χ2n) is 4.16. The van der Waals surface area contributed by atoms with Gasteiger partial charge in [0.05, 0.1) is 11.6 Å². The maximum absolute atomic E-state index is 11.1. The molecule has 2 rings (SSSR count). The first-order valence-electron chi connectivity index (χ1n) is 6.19. The molecule has 0 aliphatic carbocycles. The van der Waals surface area contributed by atoms with Crippen molar-refractivity contribution in [1.82, 2.24) is 20.2 Å². The van der Waals surface area contributed by atoms with Gasteiger partial charge in [-0.3, -0.25) is 9.31 Å². The Balaban J connectivity index is 2.18. The molecule has 0 saturated carbocycles. The van der Waals surface area contributed by atoms with Gasteiger partial charge in [0.25, 0.3) is 0 Å². The zero-order valence-electron chi connectivity index (χ0n) is 11.1. The molecule has 0 bridgehead atoms. The molecule has 0 radical (unpaired) electrons. The van der Waals surface area contributed by atoms with Gasteiger partial charge in [0, 0.05) is 35.9 Å². The fraction of sp³-hybridized carbons (Fsp3) is 0.545. The predicted molar refractivity (Wildman–Crippen MR) is 77.9 cm³/mol. The number of aromatic nitrogens is 4. The highest BCUT2D eigenvalue weighted by atomic mass is 32.2. The Kier molecular flexibility index (Phi) is 4.67. The van der Waals surface area contributed by atoms with Crippen molar-refractivity contribution in [1.29, 1.82) is 0 Å². The third-order valence-corrected chi connectivity index (χ3v) is 3.30. The summed E-state index contributed by atoms with van der Waals surface area (Å²) < 4.78 is 11.1. The van der Waals surface area contributed by atoms with Crippen LogP contribution in [0.4, 0.5) is 11.8 Å². The maximum Gasteiger partial charge on any atom is 0.226 e. The molecular formula is C11H18N6OS. The molecule has 104 valence electrons. The molecule has 0 aromatic carbocycles. The van der Waals surface area contributed by atoms with Crippen molar-refractivity contribution in [2.45, 2.75) is 13.3 Å². The molecule has 0 aliphatic rings. The van der Waals surface area contributed by atoms with E-state index >= 15 is 0 Å². The molecule has 0 aliphatic heterocycles.